The van der Waals surface area contributed by atoms with E-state index in [1.54, 1.807) is 0 Å². The normalized spacial score (nSPS) is 12.1. The smallest absolute Gasteiger partial charge is 0.216 e. The number of para-hydroxylation sites is 1. The molecule has 0 saturated heterocycles. The molecule has 2 aromatic rings. The number of rotatable bonds is 11. The van der Waals surface area contributed by atoms with E-state index in [-0.39, 0.29) is 11.8 Å². The van der Waals surface area contributed by atoms with Crippen molar-refractivity contribution in [3.8, 4) is 5.75 Å². The Kier molecular flexibility index (Phi) is 9.81. The molecule has 0 heterocycles. The molecule has 0 unspecified atom stereocenters. The molecule has 7 nitrogen and oxygen atoms in total. The molecule has 0 radical (unpaired) electrons. The van der Waals surface area contributed by atoms with Gasteiger partial charge in [-0.2, -0.15) is 0 Å². The zero-order valence-electron chi connectivity index (χ0n) is 18.8. The van der Waals surface area contributed by atoms with E-state index in [0.717, 1.165) is 29.0 Å². The lowest BCUT2D eigenvalue weighted by Gasteiger charge is -2.14. The van der Waals surface area contributed by atoms with Crippen molar-refractivity contribution in [2.24, 2.45) is 4.99 Å². The lowest BCUT2D eigenvalue weighted by atomic mass is 10.1. The third-order valence-corrected chi connectivity index (χ3v) is 5.82. The van der Waals surface area contributed by atoms with Crippen LogP contribution in [0.25, 0.3) is 0 Å². The van der Waals surface area contributed by atoms with E-state index < -0.39 is 10.0 Å². The number of nitrogens with one attached hydrogen (secondary N) is 3. The quantitative estimate of drug-likeness (QED) is 0.364. The van der Waals surface area contributed by atoms with E-state index in [9.17, 15) is 8.42 Å². The zero-order valence-corrected chi connectivity index (χ0v) is 19.6. The fourth-order valence-corrected chi connectivity index (χ4v) is 4.43. The first-order valence-corrected chi connectivity index (χ1v) is 12.3. The highest BCUT2D eigenvalue weighted by Gasteiger charge is 2.12. The Morgan fingerprint density at radius 2 is 1.68 bits per heavy atom. The number of hydrogen-bond acceptors (Lipinski definition) is 4. The summed E-state index contributed by atoms with van der Waals surface area (Å²) in [5, 5.41) is 6.58. The molecule has 3 N–H and O–H groups in total. The second-order valence-electron chi connectivity index (χ2n) is 7.44. The van der Waals surface area contributed by atoms with Crippen molar-refractivity contribution in [3.05, 3.63) is 65.2 Å². The lowest BCUT2D eigenvalue weighted by molar-refractivity contribution is 0.336. The molecule has 0 bridgehead atoms. The summed E-state index contributed by atoms with van der Waals surface area (Å²) < 4.78 is 32.4. The van der Waals surface area contributed by atoms with E-state index in [2.05, 4.69) is 20.3 Å². The maximum atomic E-state index is 12.1. The van der Waals surface area contributed by atoms with Crippen molar-refractivity contribution >= 4 is 16.0 Å². The van der Waals surface area contributed by atoms with E-state index in [1.807, 2.05) is 76.2 Å². The molecule has 0 spiro atoms. The van der Waals surface area contributed by atoms with Crippen LogP contribution in [0.2, 0.25) is 0 Å². The Morgan fingerprint density at radius 3 is 2.32 bits per heavy atom. The maximum Gasteiger partial charge on any atom is 0.216 e. The fourth-order valence-electron chi connectivity index (χ4n) is 3.00. The van der Waals surface area contributed by atoms with Crippen molar-refractivity contribution in [2.45, 2.75) is 52.6 Å². The molecule has 0 atom stereocenters. The average molecular weight is 447 g/mol. The number of guanidine groups is 1. The van der Waals surface area contributed by atoms with Crippen LogP contribution < -0.4 is 20.1 Å². The molecular formula is C23H34N4O3S. The summed E-state index contributed by atoms with van der Waals surface area (Å²) in [5.74, 6) is 1.55. The van der Waals surface area contributed by atoms with Gasteiger partial charge in [-0.05, 0) is 44.9 Å². The fraction of sp³-hybridized carbons (Fsp3) is 0.435. The van der Waals surface area contributed by atoms with Gasteiger partial charge in [0.25, 0.3) is 0 Å². The second kappa shape index (κ2) is 12.3. The van der Waals surface area contributed by atoms with Gasteiger partial charge in [0.15, 0.2) is 5.96 Å². The first-order chi connectivity index (χ1) is 14.8. The summed E-state index contributed by atoms with van der Waals surface area (Å²) in [6, 6.07) is 15.3. The third-order valence-electron chi connectivity index (χ3n) is 4.28. The van der Waals surface area contributed by atoms with Gasteiger partial charge in [-0.25, -0.2) is 18.1 Å². The Hall–Kier alpha value is -2.58. The Morgan fingerprint density at radius 1 is 1.00 bits per heavy atom. The molecule has 0 aliphatic heterocycles. The molecule has 31 heavy (non-hydrogen) atoms. The number of aliphatic imine (C=N–C) groups is 1. The SMILES string of the molecule is CCNC(=NCc1ccc(CS(=O)(=O)NC(C)C)cc1)NCc1ccccc1OCC. The van der Waals surface area contributed by atoms with Crippen molar-refractivity contribution < 1.29 is 13.2 Å². The number of nitrogens with zero attached hydrogens (tertiary/aromatic N) is 1. The van der Waals surface area contributed by atoms with Crippen LogP contribution in [0, 0.1) is 0 Å². The largest absolute Gasteiger partial charge is 0.494 e. The predicted octanol–water partition coefficient (Wildman–Crippen LogP) is 3.17. The molecule has 0 amide bonds. The average Bonchev–Trinajstić information content (AvgIpc) is 2.71. The van der Waals surface area contributed by atoms with Gasteiger partial charge in [0, 0.05) is 24.7 Å². The molecule has 170 valence electrons. The Bertz CT molecular complexity index is 942. The van der Waals surface area contributed by atoms with Crippen LogP contribution in [-0.2, 0) is 28.9 Å². The summed E-state index contributed by atoms with van der Waals surface area (Å²) in [6.07, 6.45) is 0. The molecule has 0 aliphatic carbocycles. The molecule has 0 saturated carbocycles. The van der Waals surface area contributed by atoms with Gasteiger partial charge in [0.05, 0.1) is 18.9 Å². The van der Waals surface area contributed by atoms with Gasteiger partial charge >= 0.3 is 0 Å². The molecule has 2 aromatic carbocycles. The van der Waals surface area contributed by atoms with Crippen molar-refractivity contribution in [2.75, 3.05) is 13.2 Å². The summed E-state index contributed by atoms with van der Waals surface area (Å²) in [6.45, 7) is 10.1. The summed E-state index contributed by atoms with van der Waals surface area (Å²) in [4.78, 5) is 4.64. The summed E-state index contributed by atoms with van der Waals surface area (Å²) >= 11 is 0. The van der Waals surface area contributed by atoms with Crippen LogP contribution in [0.3, 0.4) is 0 Å². The van der Waals surface area contributed by atoms with Gasteiger partial charge in [-0.1, -0.05) is 42.5 Å². The van der Waals surface area contributed by atoms with Gasteiger partial charge in [0.1, 0.15) is 5.75 Å². The zero-order chi connectivity index (χ0) is 22.7. The Labute approximate surface area is 186 Å². The van der Waals surface area contributed by atoms with E-state index >= 15 is 0 Å². The van der Waals surface area contributed by atoms with Gasteiger partial charge < -0.3 is 15.4 Å². The monoisotopic (exact) mass is 446 g/mol. The third kappa shape index (κ3) is 8.98. The first kappa shape index (κ1) is 24.7. The van der Waals surface area contributed by atoms with Gasteiger partial charge in [-0.3, -0.25) is 0 Å². The molecule has 2 rings (SSSR count). The molecule has 8 heteroatoms. The molecule has 0 aromatic heterocycles. The van der Waals surface area contributed by atoms with Crippen LogP contribution in [-0.4, -0.2) is 33.6 Å². The molecule has 0 fully saturated rings. The van der Waals surface area contributed by atoms with Crippen LogP contribution in [0.15, 0.2) is 53.5 Å². The predicted molar refractivity (Wildman–Crippen MR) is 127 cm³/mol. The molecular weight excluding hydrogens is 412 g/mol. The van der Waals surface area contributed by atoms with Crippen LogP contribution in [0.1, 0.15) is 44.4 Å². The summed E-state index contributed by atoms with van der Waals surface area (Å²) in [7, 11) is -3.33. The minimum absolute atomic E-state index is 0.0296. The minimum Gasteiger partial charge on any atom is -0.494 e. The summed E-state index contributed by atoms with van der Waals surface area (Å²) in [5.41, 5.74) is 2.82. The highest BCUT2D eigenvalue weighted by Crippen LogP contribution is 2.17. The first-order valence-electron chi connectivity index (χ1n) is 10.6. The standard InChI is InChI=1S/C23H34N4O3S/c1-5-24-23(26-16-21-9-7-8-10-22(21)30-6-2)25-15-19-11-13-20(14-12-19)17-31(28,29)27-18(3)4/h7-14,18,27H,5-6,15-17H2,1-4H3,(H2,24,25,26). The van der Waals surface area contributed by atoms with Crippen molar-refractivity contribution in [1.29, 1.82) is 0 Å². The topological polar surface area (TPSA) is 91.8 Å². The highest BCUT2D eigenvalue weighted by atomic mass is 32.2. The van der Waals surface area contributed by atoms with Gasteiger partial charge in [0.2, 0.25) is 10.0 Å². The highest BCUT2D eigenvalue weighted by molar-refractivity contribution is 7.88. The van der Waals surface area contributed by atoms with Crippen LogP contribution in [0.4, 0.5) is 0 Å². The number of benzene rings is 2. The van der Waals surface area contributed by atoms with E-state index in [4.69, 9.17) is 4.74 Å². The van der Waals surface area contributed by atoms with Crippen molar-refractivity contribution in [3.63, 3.8) is 0 Å². The maximum absolute atomic E-state index is 12.1. The van der Waals surface area contributed by atoms with Crippen LogP contribution >= 0.6 is 0 Å². The number of hydrogen-bond donors (Lipinski definition) is 3. The lowest BCUT2D eigenvalue weighted by Crippen LogP contribution is -2.36. The van der Waals surface area contributed by atoms with E-state index in [0.29, 0.717) is 25.7 Å². The number of sulfonamides is 1. The second-order valence-corrected chi connectivity index (χ2v) is 9.19. The minimum atomic E-state index is -3.33. The Balaban J connectivity index is 1.99. The van der Waals surface area contributed by atoms with Crippen LogP contribution in [0.5, 0.6) is 5.75 Å². The van der Waals surface area contributed by atoms with Crippen molar-refractivity contribution in [1.82, 2.24) is 15.4 Å². The molecule has 0 aliphatic rings. The number of ether oxygens (including phenoxy) is 1. The van der Waals surface area contributed by atoms with E-state index in [1.165, 1.54) is 0 Å². The van der Waals surface area contributed by atoms with Gasteiger partial charge in [-0.15, -0.1) is 0 Å².